The van der Waals surface area contributed by atoms with E-state index in [1.807, 2.05) is 6.92 Å². The molecule has 21 heavy (non-hydrogen) atoms. The number of hydrogen-bond donors (Lipinski definition) is 3. The van der Waals surface area contributed by atoms with Gasteiger partial charge in [-0.2, -0.15) is 0 Å². The number of anilines is 1. The van der Waals surface area contributed by atoms with Gasteiger partial charge in [0.2, 0.25) is 0 Å². The second-order valence-corrected chi connectivity index (χ2v) is 4.48. The summed E-state index contributed by atoms with van der Waals surface area (Å²) in [4.78, 5) is 22.4. The Kier molecular flexibility index (Phi) is 6.80. The number of urea groups is 1. The molecule has 0 saturated heterocycles. The Labute approximate surface area is 123 Å². The van der Waals surface area contributed by atoms with Gasteiger partial charge in [0.25, 0.3) is 0 Å². The molecule has 3 N–H and O–H groups in total. The molecule has 0 aliphatic heterocycles. The molecule has 0 fully saturated rings. The third kappa shape index (κ3) is 6.47. The van der Waals surface area contributed by atoms with E-state index < -0.39 is 5.97 Å². The van der Waals surface area contributed by atoms with Crippen molar-refractivity contribution in [1.29, 1.82) is 0 Å². The maximum absolute atomic E-state index is 11.6. The molecular formula is C15H20N2O4. The first kappa shape index (κ1) is 16.6. The summed E-state index contributed by atoms with van der Waals surface area (Å²) in [6.45, 7) is 5.91. The number of ether oxygens (including phenoxy) is 1. The number of esters is 1. The number of hydrogen-bond acceptors (Lipinski definition) is 4. The Morgan fingerprint density at radius 3 is 2.86 bits per heavy atom. The van der Waals surface area contributed by atoms with Gasteiger partial charge in [-0.1, -0.05) is 12.6 Å². The maximum atomic E-state index is 11.6. The topological polar surface area (TPSA) is 87.7 Å². The fourth-order valence-corrected chi connectivity index (χ4v) is 1.58. The lowest BCUT2D eigenvalue weighted by atomic mass is 10.2. The molecule has 0 unspecified atom stereocenters. The minimum atomic E-state index is -0.448. The first-order valence-corrected chi connectivity index (χ1v) is 6.66. The van der Waals surface area contributed by atoms with E-state index >= 15 is 0 Å². The van der Waals surface area contributed by atoms with Gasteiger partial charge in [0.15, 0.2) is 0 Å². The van der Waals surface area contributed by atoms with E-state index in [4.69, 9.17) is 4.74 Å². The SMILES string of the molecule is C=CC(=O)OCCCCNC(=O)Nc1cc(C)ccc1O. The standard InChI is InChI=1S/C15H20N2O4/c1-3-14(19)21-9-5-4-8-16-15(20)17-12-10-11(2)6-7-13(12)18/h3,6-7,10,18H,1,4-5,8-9H2,2H3,(H2,16,17,20). The smallest absolute Gasteiger partial charge is 0.330 e. The molecule has 1 aromatic rings. The summed E-state index contributed by atoms with van der Waals surface area (Å²) in [6.07, 6.45) is 2.44. The molecule has 6 heteroatoms. The molecule has 0 bridgehead atoms. The lowest BCUT2D eigenvalue weighted by Gasteiger charge is -2.09. The van der Waals surface area contributed by atoms with E-state index in [-0.39, 0.29) is 11.8 Å². The summed E-state index contributed by atoms with van der Waals surface area (Å²) in [5, 5.41) is 14.8. The summed E-state index contributed by atoms with van der Waals surface area (Å²) >= 11 is 0. The van der Waals surface area contributed by atoms with E-state index in [1.165, 1.54) is 6.07 Å². The van der Waals surface area contributed by atoms with Crippen LogP contribution in [-0.2, 0) is 9.53 Å². The number of amides is 2. The number of nitrogens with one attached hydrogen (secondary N) is 2. The van der Waals surface area contributed by atoms with Crippen LogP contribution in [0.3, 0.4) is 0 Å². The number of benzene rings is 1. The van der Waals surface area contributed by atoms with Gasteiger partial charge >= 0.3 is 12.0 Å². The van der Waals surface area contributed by atoms with Crippen LogP contribution in [0.2, 0.25) is 0 Å². The van der Waals surface area contributed by atoms with Crippen molar-refractivity contribution in [2.24, 2.45) is 0 Å². The Balaban J connectivity index is 2.21. The number of aryl methyl sites for hydroxylation is 1. The monoisotopic (exact) mass is 292 g/mol. The third-order valence-electron chi connectivity index (χ3n) is 2.67. The molecule has 0 atom stereocenters. The van der Waals surface area contributed by atoms with E-state index in [2.05, 4.69) is 17.2 Å². The minimum Gasteiger partial charge on any atom is -0.506 e. The number of rotatable bonds is 7. The average Bonchev–Trinajstić information content (AvgIpc) is 2.46. The largest absolute Gasteiger partial charge is 0.506 e. The Bertz CT molecular complexity index is 514. The van der Waals surface area contributed by atoms with Gasteiger partial charge in [-0.15, -0.1) is 0 Å². The van der Waals surface area contributed by atoms with Crippen LogP contribution in [0.4, 0.5) is 10.5 Å². The highest BCUT2D eigenvalue weighted by Gasteiger charge is 2.05. The first-order valence-electron chi connectivity index (χ1n) is 6.66. The summed E-state index contributed by atoms with van der Waals surface area (Å²) in [5.41, 5.74) is 1.31. The lowest BCUT2D eigenvalue weighted by Crippen LogP contribution is -2.29. The van der Waals surface area contributed by atoms with Crippen molar-refractivity contribution in [2.45, 2.75) is 19.8 Å². The summed E-state index contributed by atoms with van der Waals surface area (Å²) in [5.74, 6) is -0.428. The van der Waals surface area contributed by atoms with Crippen molar-refractivity contribution in [2.75, 3.05) is 18.5 Å². The normalized spacial score (nSPS) is 9.76. The van der Waals surface area contributed by atoms with Crippen molar-refractivity contribution >= 4 is 17.7 Å². The number of carbonyl (C=O) groups excluding carboxylic acids is 2. The molecule has 0 aliphatic carbocycles. The molecule has 0 spiro atoms. The van der Waals surface area contributed by atoms with Gasteiger partial charge < -0.3 is 20.5 Å². The zero-order valence-corrected chi connectivity index (χ0v) is 12.0. The van der Waals surface area contributed by atoms with E-state index in [0.717, 1.165) is 11.6 Å². The highest BCUT2D eigenvalue weighted by atomic mass is 16.5. The molecule has 0 heterocycles. The average molecular weight is 292 g/mol. The van der Waals surface area contributed by atoms with Crippen LogP contribution in [0.15, 0.2) is 30.9 Å². The van der Waals surface area contributed by atoms with Gasteiger partial charge in [0, 0.05) is 12.6 Å². The predicted octanol–water partition coefficient (Wildman–Crippen LogP) is 2.33. The fourth-order valence-electron chi connectivity index (χ4n) is 1.58. The van der Waals surface area contributed by atoms with Gasteiger partial charge in [0.05, 0.1) is 12.3 Å². The quantitative estimate of drug-likeness (QED) is 0.311. The number of phenolic OH excluding ortho intramolecular Hbond substituents is 1. The van der Waals surface area contributed by atoms with E-state index in [9.17, 15) is 14.7 Å². The van der Waals surface area contributed by atoms with Crippen LogP contribution in [0.25, 0.3) is 0 Å². The molecule has 114 valence electrons. The summed E-state index contributed by atoms with van der Waals surface area (Å²) in [6, 6.07) is 4.57. The Morgan fingerprint density at radius 2 is 2.14 bits per heavy atom. The van der Waals surface area contributed by atoms with Gasteiger partial charge in [-0.05, 0) is 37.5 Å². The van der Waals surface area contributed by atoms with Crippen LogP contribution < -0.4 is 10.6 Å². The molecule has 1 rings (SSSR count). The maximum Gasteiger partial charge on any atom is 0.330 e. The highest BCUT2D eigenvalue weighted by Crippen LogP contribution is 2.23. The van der Waals surface area contributed by atoms with Crippen LogP contribution in [-0.4, -0.2) is 30.3 Å². The Hall–Kier alpha value is -2.50. The van der Waals surface area contributed by atoms with Crippen molar-refractivity contribution in [3.05, 3.63) is 36.4 Å². The minimum absolute atomic E-state index is 0.0205. The highest BCUT2D eigenvalue weighted by molar-refractivity contribution is 5.90. The second kappa shape index (κ2) is 8.63. The molecule has 0 aliphatic rings. The van der Waals surface area contributed by atoms with Crippen LogP contribution in [0, 0.1) is 6.92 Å². The number of unbranched alkanes of at least 4 members (excludes halogenated alkanes) is 1. The summed E-state index contributed by atoms with van der Waals surface area (Å²) < 4.78 is 4.80. The van der Waals surface area contributed by atoms with Crippen molar-refractivity contribution < 1.29 is 19.4 Å². The molecule has 6 nitrogen and oxygen atoms in total. The molecular weight excluding hydrogens is 272 g/mol. The van der Waals surface area contributed by atoms with Crippen molar-refractivity contribution in [3.63, 3.8) is 0 Å². The lowest BCUT2D eigenvalue weighted by molar-refractivity contribution is -0.137. The van der Waals surface area contributed by atoms with Crippen molar-refractivity contribution in [1.82, 2.24) is 5.32 Å². The van der Waals surface area contributed by atoms with Gasteiger partial charge in [-0.3, -0.25) is 0 Å². The number of phenols is 1. The molecule has 0 aromatic heterocycles. The van der Waals surface area contributed by atoms with Crippen LogP contribution in [0.5, 0.6) is 5.75 Å². The molecule has 2 amide bonds. The fraction of sp³-hybridized carbons (Fsp3) is 0.333. The van der Waals surface area contributed by atoms with Crippen LogP contribution >= 0.6 is 0 Å². The van der Waals surface area contributed by atoms with E-state index in [0.29, 0.717) is 31.7 Å². The zero-order chi connectivity index (χ0) is 15.7. The number of aromatic hydroxyl groups is 1. The summed E-state index contributed by atoms with van der Waals surface area (Å²) in [7, 11) is 0. The third-order valence-corrected chi connectivity index (χ3v) is 2.67. The molecule has 0 saturated carbocycles. The zero-order valence-electron chi connectivity index (χ0n) is 12.0. The first-order chi connectivity index (χ1) is 10.0. The predicted molar refractivity (Wildman–Crippen MR) is 80.3 cm³/mol. The van der Waals surface area contributed by atoms with Gasteiger partial charge in [0.1, 0.15) is 5.75 Å². The Morgan fingerprint density at radius 1 is 1.38 bits per heavy atom. The molecule has 0 radical (unpaired) electrons. The van der Waals surface area contributed by atoms with Gasteiger partial charge in [-0.25, -0.2) is 9.59 Å². The number of carbonyl (C=O) groups is 2. The van der Waals surface area contributed by atoms with Crippen LogP contribution in [0.1, 0.15) is 18.4 Å². The van der Waals surface area contributed by atoms with Crippen molar-refractivity contribution in [3.8, 4) is 5.75 Å². The molecule has 1 aromatic carbocycles. The second-order valence-electron chi connectivity index (χ2n) is 4.48. The van der Waals surface area contributed by atoms with E-state index in [1.54, 1.807) is 12.1 Å².